The van der Waals surface area contributed by atoms with Gasteiger partial charge in [-0.25, -0.2) is 4.39 Å². The van der Waals surface area contributed by atoms with E-state index in [1.165, 1.54) is 26.0 Å². The number of carbonyl (C=O) groups excluding carboxylic acids is 2. The van der Waals surface area contributed by atoms with E-state index in [-0.39, 0.29) is 23.4 Å². The van der Waals surface area contributed by atoms with Gasteiger partial charge in [-0.1, -0.05) is 0 Å². The fourth-order valence-electron chi connectivity index (χ4n) is 2.28. The summed E-state index contributed by atoms with van der Waals surface area (Å²) in [6, 6.07) is 4.15. The zero-order valence-electron chi connectivity index (χ0n) is 11.2. The summed E-state index contributed by atoms with van der Waals surface area (Å²) >= 11 is 3.22. The zero-order chi connectivity index (χ0) is 14.7. The third kappa shape index (κ3) is 3.59. The van der Waals surface area contributed by atoms with E-state index < -0.39 is 0 Å². The largest absolute Gasteiger partial charge is 0.352 e. The summed E-state index contributed by atoms with van der Waals surface area (Å²) in [6.45, 7) is 1.22. The molecular weight excluding hydrogens is 326 g/mol. The maximum Gasteiger partial charge on any atom is 0.227 e. The number of likely N-dealkylation sites (tertiary alicyclic amines) is 1. The van der Waals surface area contributed by atoms with E-state index in [0.717, 1.165) is 0 Å². The van der Waals surface area contributed by atoms with E-state index in [0.29, 0.717) is 36.1 Å². The molecular formula is C13H15BBrFN2O2. The first kappa shape index (κ1) is 15.0. The molecule has 1 aromatic rings. The van der Waals surface area contributed by atoms with Crippen molar-refractivity contribution in [3.05, 3.63) is 28.5 Å². The van der Waals surface area contributed by atoms with Crippen LogP contribution in [0.25, 0.3) is 0 Å². The molecule has 20 heavy (non-hydrogen) atoms. The zero-order valence-corrected chi connectivity index (χ0v) is 12.7. The Morgan fingerprint density at radius 3 is 2.55 bits per heavy atom. The van der Waals surface area contributed by atoms with Crippen molar-refractivity contribution < 1.29 is 14.0 Å². The molecule has 1 aliphatic rings. The van der Waals surface area contributed by atoms with Crippen LogP contribution >= 0.6 is 15.9 Å². The third-order valence-corrected chi connectivity index (χ3v) is 4.16. The molecule has 0 unspecified atom stereocenters. The molecule has 1 aromatic carbocycles. The number of halogens is 2. The van der Waals surface area contributed by atoms with Crippen molar-refractivity contribution in [2.45, 2.75) is 12.8 Å². The molecule has 0 radical (unpaired) electrons. The smallest absolute Gasteiger partial charge is 0.227 e. The second kappa shape index (κ2) is 6.39. The number of rotatable bonds is 2. The Bertz CT molecular complexity index is 533. The molecule has 1 heterocycles. The first-order chi connectivity index (χ1) is 9.47. The molecule has 0 spiro atoms. The molecule has 0 saturated carbocycles. The van der Waals surface area contributed by atoms with Gasteiger partial charge in [-0.05, 0) is 47.0 Å². The van der Waals surface area contributed by atoms with Gasteiger partial charge in [0.05, 0.1) is 5.69 Å². The highest BCUT2D eigenvalue weighted by atomic mass is 79.9. The quantitative estimate of drug-likeness (QED) is 0.837. The van der Waals surface area contributed by atoms with Crippen molar-refractivity contribution in [3.63, 3.8) is 0 Å². The van der Waals surface area contributed by atoms with E-state index >= 15 is 0 Å². The van der Waals surface area contributed by atoms with Crippen molar-refractivity contribution in [3.8, 4) is 0 Å². The summed E-state index contributed by atoms with van der Waals surface area (Å²) < 4.78 is 13.5. The molecule has 0 aromatic heterocycles. The SMILES string of the molecule is BC(=O)N1CCC(C(=O)Nc2ccc(F)cc2Br)CC1. The predicted molar refractivity (Wildman–Crippen MR) is 81.0 cm³/mol. The molecule has 1 N–H and O–H groups in total. The topological polar surface area (TPSA) is 49.4 Å². The lowest BCUT2D eigenvalue weighted by Gasteiger charge is -2.30. The minimum absolute atomic E-state index is 0.0464. The number of piperidine rings is 1. The molecule has 7 heteroatoms. The summed E-state index contributed by atoms with van der Waals surface area (Å²) in [5.74, 6) is -0.502. The standard InChI is InChI=1S/C13H15BBrFN2O2/c14-13(20)18-5-3-8(4-6-18)12(19)17-11-2-1-9(16)7-10(11)15/h1-2,7-8H,3-6,14H2,(H,17,19). The molecule has 4 nitrogen and oxygen atoms in total. The second-order valence-electron chi connectivity index (χ2n) is 4.89. The van der Waals surface area contributed by atoms with E-state index in [9.17, 15) is 14.0 Å². The van der Waals surface area contributed by atoms with E-state index in [2.05, 4.69) is 21.2 Å². The third-order valence-electron chi connectivity index (χ3n) is 3.50. The molecule has 0 bridgehead atoms. The maximum absolute atomic E-state index is 13.0. The number of anilines is 1. The second-order valence-corrected chi connectivity index (χ2v) is 5.75. The van der Waals surface area contributed by atoms with Gasteiger partial charge in [0.15, 0.2) is 5.81 Å². The molecule has 1 saturated heterocycles. The summed E-state index contributed by atoms with van der Waals surface area (Å²) in [6.07, 6.45) is 1.31. The van der Waals surface area contributed by atoms with Gasteiger partial charge in [0.25, 0.3) is 0 Å². The molecule has 0 atom stereocenters. The van der Waals surface area contributed by atoms with E-state index in [4.69, 9.17) is 0 Å². The van der Waals surface area contributed by atoms with Crippen LogP contribution in [0.1, 0.15) is 12.8 Å². The molecule has 1 fully saturated rings. The average molecular weight is 341 g/mol. The Balaban J connectivity index is 1.94. The average Bonchev–Trinajstić information content (AvgIpc) is 2.42. The highest BCUT2D eigenvalue weighted by molar-refractivity contribution is 9.10. The van der Waals surface area contributed by atoms with Crippen LogP contribution in [0.5, 0.6) is 0 Å². The monoisotopic (exact) mass is 340 g/mol. The van der Waals surface area contributed by atoms with Crippen LogP contribution in [0.2, 0.25) is 0 Å². The minimum atomic E-state index is -0.357. The summed E-state index contributed by atoms with van der Waals surface area (Å²) in [5, 5.41) is 2.80. The number of benzene rings is 1. The van der Waals surface area contributed by atoms with Crippen LogP contribution in [0.15, 0.2) is 22.7 Å². The van der Waals surface area contributed by atoms with E-state index in [1.807, 2.05) is 0 Å². The van der Waals surface area contributed by atoms with Crippen molar-refractivity contribution >= 4 is 41.2 Å². The fourth-order valence-corrected chi connectivity index (χ4v) is 2.73. The number of nitrogens with one attached hydrogen (secondary N) is 1. The van der Waals surface area contributed by atoms with Crippen LogP contribution < -0.4 is 5.32 Å². The molecule has 0 aliphatic carbocycles. The highest BCUT2D eigenvalue weighted by Crippen LogP contribution is 2.25. The predicted octanol–water partition coefficient (Wildman–Crippen LogP) is 1.99. The Labute approximate surface area is 126 Å². The number of amides is 2. The highest BCUT2D eigenvalue weighted by Gasteiger charge is 2.26. The first-order valence-electron chi connectivity index (χ1n) is 6.49. The summed E-state index contributed by atoms with van der Waals surface area (Å²) in [5.41, 5.74) is 0.561. The van der Waals surface area contributed by atoms with Crippen molar-refractivity contribution in [2.24, 2.45) is 5.92 Å². The lowest BCUT2D eigenvalue weighted by molar-refractivity contribution is -0.121. The Hall–Kier alpha value is -1.37. The van der Waals surface area contributed by atoms with Gasteiger partial charge in [0.2, 0.25) is 13.8 Å². The van der Waals surface area contributed by atoms with Gasteiger partial charge >= 0.3 is 0 Å². The number of hydrogen-bond acceptors (Lipinski definition) is 2. The van der Waals surface area contributed by atoms with Crippen LogP contribution in [0.3, 0.4) is 0 Å². The number of carbonyl (C=O) groups is 2. The van der Waals surface area contributed by atoms with Crippen molar-refractivity contribution in [2.75, 3.05) is 18.4 Å². The van der Waals surface area contributed by atoms with Crippen molar-refractivity contribution in [1.29, 1.82) is 0 Å². The normalized spacial score (nSPS) is 16.0. The van der Waals surface area contributed by atoms with Gasteiger partial charge in [-0.3, -0.25) is 9.59 Å². The Morgan fingerprint density at radius 1 is 1.35 bits per heavy atom. The lowest BCUT2D eigenvalue weighted by Crippen LogP contribution is -2.41. The van der Waals surface area contributed by atoms with Crippen LogP contribution in [0.4, 0.5) is 14.9 Å². The molecule has 2 amide bonds. The van der Waals surface area contributed by atoms with Crippen LogP contribution in [-0.2, 0) is 4.79 Å². The first-order valence-corrected chi connectivity index (χ1v) is 7.28. The lowest BCUT2D eigenvalue weighted by atomic mass is 9.94. The van der Waals surface area contributed by atoms with Gasteiger partial charge in [-0.2, -0.15) is 0 Å². The fraction of sp³-hybridized carbons (Fsp3) is 0.385. The van der Waals surface area contributed by atoms with E-state index in [1.54, 1.807) is 4.90 Å². The summed E-state index contributed by atoms with van der Waals surface area (Å²) in [4.78, 5) is 25.1. The Morgan fingerprint density at radius 2 is 2.00 bits per heavy atom. The molecule has 1 aliphatic heterocycles. The van der Waals surface area contributed by atoms with Crippen LogP contribution in [-0.4, -0.2) is 37.5 Å². The van der Waals surface area contributed by atoms with Crippen molar-refractivity contribution in [1.82, 2.24) is 4.90 Å². The molecule has 2 rings (SSSR count). The van der Waals surface area contributed by atoms with Gasteiger partial charge in [0, 0.05) is 23.5 Å². The maximum atomic E-state index is 13.0. The number of nitrogens with zero attached hydrogens (tertiary/aromatic N) is 1. The minimum Gasteiger partial charge on any atom is -0.352 e. The van der Waals surface area contributed by atoms with Gasteiger partial charge in [0.1, 0.15) is 5.82 Å². The van der Waals surface area contributed by atoms with Gasteiger partial charge < -0.3 is 10.2 Å². The van der Waals surface area contributed by atoms with Gasteiger partial charge in [-0.15, -0.1) is 0 Å². The Kier molecular flexibility index (Phi) is 4.80. The number of hydrogen-bond donors (Lipinski definition) is 1. The van der Waals surface area contributed by atoms with Crippen LogP contribution in [0, 0.1) is 11.7 Å². The summed E-state index contributed by atoms with van der Waals surface area (Å²) in [7, 11) is 1.54. The molecule has 106 valence electrons.